The van der Waals surface area contributed by atoms with E-state index in [1.54, 1.807) is 0 Å². The third-order valence-corrected chi connectivity index (χ3v) is 4.75. The molecule has 0 bridgehead atoms. The van der Waals surface area contributed by atoms with Crippen LogP contribution in [-0.4, -0.2) is 0 Å². The van der Waals surface area contributed by atoms with E-state index in [2.05, 4.69) is 27.7 Å². The van der Waals surface area contributed by atoms with E-state index in [4.69, 9.17) is 0 Å². The first-order chi connectivity index (χ1) is 8.11. The van der Waals surface area contributed by atoms with Crippen LogP contribution in [0.1, 0.15) is 72.6 Å². The molecule has 0 aliphatic heterocycles. The largest absolute Gasteiger partial charge is 0.0628 e. The highest BCUT2D eigenvalue weighted by Gasteiger charge is 2.57. The molecule has 98 valence electrons. The molecule has 0 heteroatoms. The molecule has 0 aromatic rings. The molecule has 0 aromatic carbocycles. The Bertz CT molecular complexity index is 284. The molecule has 2 aliphatic carbocycles. The molecule has 2 rings (SSSR count). The van der Waals surface area contributed by atoms with Gasteiger partial charge in [0.2, 0.25) is 0 Å². The minimum Gasteiger partial charge on any atom is -0.0628 e. The van der Waals surface area contributed by atoms with E-state index in [1.807, 2.05) is 11.1 Å². The van der Waals surface area contributed by atoms with Crippen molar-refractivity contribution in [1.29, 1.82) is 0 Å². The van der Waals surface area contributed by atoms with Crippen molar-refractivity contribution in [1.82, 2.24) is 0 Å². The summed E-state index contributed by atoms with van der Waals surface area (Å²) in [5.74, 6) is 3.87. The van der Waals surface area contributed by atoms with E-state index in [1.165, 1.54) is 44.9 Å². The van der Waals surface area contributed by atoms with Crippen molar-refractivity contribution >= 4 is 0 Å². The van der Waals surface area contributed by atoms with E-state index in [9.17, 15) is 0 Å². The molecular formula is C17H30. The van der Waals surface area contributed by atoms with Gasteiger partial charge in [-0.05, 0) is 30.6 Å². The van der Waals surface area contributed by atoms with Crippen molar-refractivity contribution in [3.63, 3.8) is 0 Å². The zero-order valence-electron chi connectivity index (χ0n) is 12.3. The second-order valence-corrected chi connectivity index (χ2v) is 6.92. The quantitative estimate of drug-likeness (QED) is 0.360. The van der Waals surface area contributed by atoms with Gasteiger partial charge < -0.3 is 0 Å². The van der Waals surface area contributed by atoms with Crippen molar-refractivity contribution in [2.24, 2.45) is 23.7 Å². The fraction of sp³-hybridized carbons (Fsp3) is 0.882. The molecule has 1 fully saturated rings. The molecule has 0 nitrogen and oxygen atoms in total. The number of unbranched alkanes of at least 4 members (excludes halogenated alkanes) is 1. The monoisotopic (exact) mass is 234 g/mol. The number of fused-ring (bicyclic) bond motifs is 1. The molecule has 1 saturated carbocycles. The fourth-order valence-electron chi connectivity index (χ4n) is 3.33. The van der Waals surface area contributed by atoms with E-state index in [0.29, 0.717) is 0 Å². The summed E-state index contributed by atoms with van der Waals surface area (Å²) < 4.78 is 0. The average Bonchev–Trinajstić information content (AvgIpc) is 3.14. The van der Waals surface area contributed by atoms with Gasteiger partial charge >= 0.3 is 0 Å². The molecular weight excluding hydrogens is 204 g/mol. The molecule has 17 heavy (non-hydrogen) atoms. The van der Waals surface area contributed by atoms with Crippen molar-refractivity contribution in [2.45, 2.75) is 72.6 Å². The maximum absolute atomic E-state index is 2.45. The molecule has 0 radical (unpaired) electrons. The predicted octanol–water partition coefficient (Wildman–Crippen LogP) is 5.59. The summed E-state index contributed by atoms with van der Waals surface area (Å²) in [6.07, 6.45) is 10.1. The molecule has 2 aliphatic rings. The maximum atomic E-state index is 2.45. The molecule has 0 N–H and O–H groups in total. The van der Waals surface area contributed by atoms with Crippen LogP contribution in [0.5, 0.6) is 0 Å². The first-order valence-electron chi connectivity index (χ1n) is 7.84. The molecule has 3 unspecified atom stereocenters. The molecule has 3 atom stereocenters. The standard InChI is InChI=1S/C17H30/c1-12(2)8-5-6-9-13(3)10-7-11-15-16-14(4)17(15)16/h12-14,16H,5-11H2,1-4H3. The van der Waals surface area contributed by atoms with Crippen LogP contribution in [-0.2, 0) is 0 Å². The number of rotatable bonds is 9. The first-order valence-corrected chi connectivity index (χ1v) is 7.84. The summed E-state index contributed by atoms with van der Waals surface area (Å²) >= 11 is 0. The van der Waals surface area contributed by atoms with Gasteiger partial charge in [0.15, 0.2) is 0 Å². The molecule has 0 spiro atoms. The summed E-state index contributed by atoms with van der Waals surface area (Å²) in [5, 5.41) is 0. The number of allylic oxidation sites excluding steroid dienone is 2. The normalized spacial score (nSPS) is 27.4. The Balaban J connectivity index is 1.42. The van der Waals surface area contributed by atoms with Crippen LogP contribution in [0.3, 0.4) is 0 Å². The van der Waals surface area contributed by atoms with Crippen LogP contribution in [0.4, 0.5) is 0 Å². The Kier molecular flexibility index (Phi) is 4.33. The Morgan fingerprint density at radius 3 is 2.12 bits per heavy atom. The van der Waals surface area contributed by atoms with Crippen LogP contribution < -0.4 is 0 Å². The van der Waals surface area contributed by atoms with Gasteiger partial charge in [0.25, 0.3) is 0 Å². The van der Waals surface area contributed by atoms with E-state index in [0.717, 1.165) is 23.7 Å². The van der Waals surface area contributed by atoms with Crippen molar-refractivity contribution in [3.8, 4) is 0 Å². The van der Waals surface area contributed by atoms with Gasteiger partial charge in [-0.15, -0.1) is 0 Å². The van der Waals surface area contributed by atoms with Crippen LogP contribution >= 0.6 is 0 Å². The minimum atomic E-state index is 0.891. The second kappa shape index (κ2) is 5.59. The lowest BCUT2D eigenvalue weighted by molar-refractivity contribution is 0.432. The maximum Gasteiger partial charge on any atom is 0.00790 e. The highest BCUT2D eigenvalue weighted by molar-refractivity contribution is 5.58. The zero-order valence-corrected chi connectivity index (χ0v) is 12.3. The van der Waals surface area contributed by atoms with E-state index >= 15 is 0 Å². The summed E-state index contributed by atoms with van der Waals surface area (Å²) in [5.41, 5.74) is 3.69. The summed E-state index contributed by atoms with van der Waals surface area (Å²) in [6.45, 7) is 9.49. The van der Waals surface area contributed by atoms with Crippen molar-refractivity contribution < 1.29 is 0 Å². The lowest BCUT2D eigenvalue weighted by atomic mass is 9.95. The Hall–Kier alpha value is -0.260. The molecule has 0 saturated heterocycles. The lowest BCUT2D eigenvalue weighted by Gasteiger charge is -2.11. The molecule has 0 heterocycles. The second-order valence-electron chi connectivity index (χ2n) is 6.92. The minimum absolute atomic E-state index is 0.891. The van der Waals surface area contributed by atoms with Crippen LogP contribution in [0.25, 0.3) is 0 Å². The zero-order chi connectivity index (χ0) is 12.4. The molecule has 0 amide bonds. The molecule has 0 aromatic heterocycles. The highest BCUT2D eigenvalue weighted by Crippen LogP contribution is 2.68. The highest BCUT2D eigenvalue weighted by atomic mass is 14.6. The Morgan fingerprint density at radius 1 is 0.941 bits per heavy atom. The lowest BCUT2D eigenvalue weighted by Crippen LogP contribution is -1.96. The Morgan fingerprint density at radius 2 is 1.53 bits per heavy atom. The topological polar surface area (TPSA) is 0 Å². The first kappa shape index (κ1) is 13.2. The smallest absolute Gasteiger partial charge is 0.00790 e. The third kappa shape index (κ3) is 3.60. The Labute approximate surface area is 108 Å². The summed E-state index contributed by atoms with van der Waals surface area (Å²) in [6, 6.07) is 0. The predicted molar refractivity (Wildman–Crippen MR) is 76.0 cm³/mol. The van der Waals surface area contributed by atoms with Gasteiger partial charge in [-0.25, -0.2) is 0 Å². The van der Waals surface area contributed by atoms with Crippen LogP contribution in [0.15, 0.2) is 11.1 Å². The summed E-state index contributed by atoms with van der Waals surface area (Å²) in [4.78, 5) is 0. The van der Waals surface area contributed by atoms with Crippen molar-refractivity contribution in [3.05, 3.63) is 11.1 Å². The van der Waals surface area contributed by atoms with E-state index in [-0.39, 0.29) is 0 Å². The number of hydrogen-bond acceptors (Lipinski definition) is 0. The van der Waals surface area contributed by atoms with Crippen molar-refractivity contribution in [2.75, 3.05) is 0 Å². The van der Waals surface area contributed by atoms with Gasteiger partial charge in [0.05, 0.1) is 0 Å². The number of hydrogen-bond donors (Lipinski definition) is 0. The van der Waals surface area contributed by atoms with Gasteiger partial charge in [0.1, 0.15) is 0 Å². The third-order valence-electron chi connectivity index (χ3n) is 4.75. The average molecular weight is 234 g/mol. The van der Waals surface area contributed by atoms with Crippen LogP contribution in [0, 0.1) is 23.7 Å². The van der Waals surface area contributed by atoms with Gasteiger partial charge in [-0.2, -0.15) is 0 Å². The van der Waals surface area contributed by atoms with Gasteiger partial charge in [-0.3, -0.25) is 0 Å². The van der Waals surface area contributed by atoms with Gasteiger partial charge in [-0.1, -0.05) is 70.9 Å². The van der Waals surface area contributed by atoms with Crippen LogP contribution in [0.2, 0.25) is 0 Å². The van der Waals surface area contributed by atoms with E-state index < -0.39 is 0 Å². The SMILES string of the molecule is CC(C)CCCCC(C)CCCC1=C2C(C)C12. The summed E-state index contributed by atoms with van der Waals surface area (Å²) in [7, 11) is 0. The van der Waals surface area contributed by atoms with Gasteiger partial charge in [0, 0.05) is 5.92 Å². The fourth-order valence-corrected chi connectivity index (χ4v) is 3.33.